The van der Waals surface area contributed by atoms with Crippen LogP contribution in [0.3, 0.4) is 0 Å². The van der Waals surface area contributed by atoms with E-state index in [1.807, 2.05) is 35.8 Å². The molecular formula is C50H62F2N6O13S2. The highest BCUT2D eigenvalue weighted by Gasteiger charge is 2.37. The summed E-state index contributed by atoms with van der Waals surface area (Å²) in [7, 11) is -2.80. The van der Waals surface area contributed by atoms with Gasteiger partial charge in [-0.15, -0.1) is 0 Å². The molecule has 4 saturated heterocycles. The maximum absolute atomic E-state index is 15.8. The third-order valence-corrected chi connectivity index (χ3v) is 17.1. The lowest BCUT2D eigenvalue weighted by atomic mass is 10.0. The van der Waals surface area contributed by atoms with Gasteiger partial charge in [-0.2, -0.15) is 0 Å². The number of carboxylic acid groups (broad SMARTS) is 1. The number of aromatic nitrogens is 2. The third kappa shape index (κ3) is 12.6. The molecule has 2 N–H and O–H groups in total. The van der Waals surface area contributed by atoms with E-state index in [9.17, 15) is 26.4 Å². The predicted octanol–water partition coefficient (Wildman–Crippen LogP) is 5.58. The molecule has 23 heteroatoms. The Morgan fingerprint density at radius 3 is 1.60 bits per heavy atom. The van der Waals surface area contributed by atoms with Crippen LogP contribution in [-0.4, -0.2) is 151 Å². The minimum Gasteiger partial charge on any atom is -0.489 e. The van der Waals surface area contributed by atoms with Crippen LogP contribution in [0.15, 0.2) is 48.8 Å². The summed E-state index contributed by atoms with van der Waals surface area (Å²) < 4.78 is 110. The van der Waals surface area contributed by atoms with Gasteiger partial charge in [-0.25, -0.2) is 35.6 Å². The number of carboxylic acids is 1. The number of carbonyl (C=O) groups excluding carboxylic acids is 1. The molecule has 2 aromatic heterocycles. The number of anilines is 4. The number of aryl methyl sites for hydroxylation is 2. The fourth-order valence-corrected chi connectivity index (χ4v) is 12.7. The Hall–Kier alpha value is -6.20. The summed E-state index contributed by atoms with van der Waals surface area (Å²) in [6.07, 6.45) is 5.70. The summed E-state index contributed by atoms with van der Waals surface area (Å²) in [4.78, 5) is 37.3. The Balaban J connectivity index is 0.000000167. The summed E-state index contributed by atoms with van der Waals surface area (Å²) >= 11 is 0. The van der Waals surface area contributed by atoms with Crippen molar-refractivity contribution in [3.63, 3.8) is 0 Å². The Labute approximate surface area is 423 Å². The van der Waals surface area contributed by atoms with Crippen LogP contribution in [0.25, 0.3) is 0 Å². The Morgan fingerprint density at radius 2 is 1.16 bits per heavy atom. The number of nitrogens with zero attached hydrogens (tertiary/aromatic N) is 5. The van der Waals surface area contributed by atoms with Gasteiger partial charge in [-0.3, -0.25) is 9.59 Å². The topological polar surface area (TPSA) is 226 Å². The number of methoxy groups -OCH3 is 2. The van der Waals surface area contributed by atoms with Crippen molar-refractivity contribution in [2.45, 2.75) is 64.6 Å². The first-order chi connectivity index (χ1) is 34.9. The minimum atomic E-state index is -3.03. The molecule has 0 spiro atoms. The lowest BCUT2D eigenvalue weighted by Crippen LogP contribution is -2.39. The van der Waals surface area contributed by atoms with E-state index in [-0.39, 0.29) is 71.4 Å². The van der Waals surface area contributed by atoms with Crippen LogP contribution in [0.2, 0.25) is 0 Å². The number of hydrogen-bond acceptors (Lipinski definition) is 17. The van der Waals surface area contributed by atoms with E-state index in [1.165, 1.54) is 0 Å². The van der Waals surface area contributed by atoms with Crippen LogP contribution in [0.5, 0.6) is 34.8 Å². The number of benzene rings is 2. The maximum atomic E-state index is 15.8. The number of nitrogens with one attached hydrogen (secondary N) is 1. The number of carbonyl (C=O) groups is 2. The molecule has 10 rings (SSSR count). The number of sulfone groups is 2. The number of amides is 1. The van der Waals surface area contributed by atoms with Gasteiger partial charge in [0.2, 0.25) is 17.7 Å². The minimum absolute atomic E-state index is 0.00888. The number of halogens is 2. The van der Waals surface area contributed by atoms with Gasteiger partial charge in [0, 0.05) is 36.6 Å². The summed E-state index contributed by atoms with van der Waals surface area (Å²) in [6.45, 7) is 8.14. The summed E-state index contributed by atoms with van der Waals surface area (Å²) in [6, 6.07) is 10.5. The van der Waals surface area contributed by atoms with E-state index in [1.54, 1.807) is 55.8 Å². The highest BCUT2D eigenvalue weighted by atomic mass is 32.2. The van der Waals surface area contributed by atoms with Crippen molar-refractivity contribution in [2.24, 2.45) is 11.8 Å². The van der Waals surface area contributed by atoms with Gasteiger partial charge in [-0.05, 0) is 88.9 Å². The molecule has 0 bridgehead atoms. The van der Waals surface area contributed by atoms with E-state index in [0.29, 0.717) is 93.3 Å². The van der Waals surface area contributed by atoms with Crippen LogP contribution in [0.4, 0.5) is 31.5 Å². The molecule has 4 aromatic rings. The standard InChI is InChI=1S/C25H30FN3O6S.C19H22FN3O3.C6H10O4S/c1-16-13-18(14-27-24(16)33-2)29-9-10-34-21-4-3-20(22(26)23(21)29)35-19-5-8-28(15-19)25(30)17-6-11-36(31,32)12-7-17;1-12-9-13(10-22-19(12)24-2)23-7-8-25-16-4-3-15(17(20)18(16)23)26-14-5-6-21-11-14;7-6(8)5-1-3-11(9,10)4-2-5/h3-4,13-14,17,19H,5-12,15H2,1-2H3;3-4,9-10,14,21H,5-8,11H2,1-2H3;5H,1-4H2,(H,7,8)/t19-;14-;/m00./s1. The fraction of sp³-hybridized carbons (Fsp3) is 0.520. The molecule has 0 saturated carbocycles. The number of rotatable bonds is 10. The van der Waals surface area contributed by atoms with E-state index in [4.69, 9.17) is 33.5 Å². The zero-order chi connectivity index (χ0) is 52.0. The van der Waals surface area contributed by atoms with Crippen LogP contribution >= 0.6 is 0 Å². The van der Waals surface area contributed by atoms with Crippen molar-refractivity contribution in [3.05, 3.63) is 71.6 Å². The van der Waals surface area contributed by atoms with Crippen molar-refractivity contribution >= 4 is 54.3 Å². The maximum Gasteiger partial charge on any atom is 0.306 e. The molecule has 396 valence electrons. The molecule has 6 aliphatic rings. The largest absolute Gasteiger partial charge is 0.489 e. The highest BCUT2D eigenvalue weighted by Crippen LogP contribution is 2.45. The van der Waals surface area contributed by atoms with E-state index in [2.05, 4.69) is 15.3 Å². The first kappa shape index (κ1) is 53.1. The third-order valence-electron chi connectivity index (χ3n) is 13.7. The second-order valence-electron chi connectivity index (χ2n) is 18.7. The highest BCUT2D eigenvalue weighted by molar-refractivity contribution is 7.91. The van der Waals surface area contributed by atoms with E-state index >= 15 is 8.78 Å². The van der Waals surface area contributed by atoms with Crippen LogP contribution in [-0.2, 0) is 29.3 Å². The quantitative estimate of drug-likeness (QED) is 0.198. The van der Waals surface area contributed by atoms with Crippen LogP contribution in [0.1, 0.15) is 49.7 Å². The first-order valence-corrected chi connectivity index (χ1v) is 28.0. The monoisotopic (exact) mass is 1060 g/mol. The lowest BCUT2D eigenvalue weighted by Gasteiger charge is -2.32. The molecule has 4 fully saturated rings. The molecule has 0 aliphatic carbocycles. The Kier molecular flexibility index (Phi) is 16.7. The van der Waals surface area contributed by atoms with Crippen molar-refractivity contribution in [1.29, 1.82) is 0 Å². The van der Waals surface area contributed by atoms with Gasteiger partial charge in [0.05, 0.1) is 86.6 Å². The Morgan fingerprint density at radius 1 is 0.685 bits per heavy atom. The van der Waals surface area contributed by atoms with Gasteiger partial charge in [0.1, 0.15) is 68.0 Å². The molecule has 6 aliphatic heterocycles. The normalized spacial score (nSPS) is 21.2. The molecule has 73 heavy (non-hydrogen) atoms. The second kappa shape index (κ2) is 22.9. The van der Waals surface area contributed by atoms with Gasteiger partial charge in [0.25, 0.3) is 0 Å². The number of likely N-dealkylation sites (tertiary alicyclic amines) is 1. The van der Waals surface area contributed by atoms with Crippen molar-refractivity contribution in [3.8, 4) is 34.8 Å². The number of pyridine rings is 2. The molecular weight excluding hydrogens is 995 g/mol. The number of hydrogen-bond donors (Lipinski definition) is 2. The molecule has 2 aromatic carbocycles. The van der Waals surface area contributed by atoms with Gasteiger partial charge < -0.3 is 53.5 Å². The van der Waals surface area contributed by atoms with Gasteiger partial charge in [-0.1, -0.05) is 0 Å². The summed E-state index contributed by atoms with van der Waals surface area (Å²) in [5.74, 6) is -0.0147. The van der Waals surface area contributed by atoms with Gasteiger partial charge >= 0.3 is 5.97 Å². The van der Waals surface area contributed by atoms with E-state index in [0.717, 1.165) is 42.0 Å². The summed E-state index contributed by atoms with van der Waals surface area (Å²) in [5.41, 5.74) is 3.93. The average molecular weight is 1060 g/mol. The second-order valence-corrected chi connectivity index (χ2v) is 23.3. The molecule has 0 unspecified atom stereocenters. The first-order valence-electron chi connectivity index (χ1n) is 24.4. The van der Waals surface area contributed by atoms with Crippen LogP contribution in [0, 0.1) is 37.3 Å². The molecule has 8 heterocycles. The fourth-order valence-electron chi connectivity index (χ4n) is 9.67. The van der Waals surface area contributed by atoms with Gasteiger partial charge in [0.15, 0.2) is 23.1 Å². The molecule has 19 nitrogen and oxygen atoms in total. The van der Waals surface area contributed by atoms with Crippen LogP contribution < -0.4 is 43.5 Å². The average Bonchev–Trinajstić information content (AvgIpc) is 4.08. The molecule has 1 amide bonds. The van der Waals surface area contributed by atoms with Crippen molar-refractivity contribution in [1.82, 2.24) is 20.2 Å². The Bertz CT molecular complexity index is 2860. The summed E-state index contributed by atoms with van der Waals surface area (Å²) in [5, 5.41) is 11.7. The lowest BCUT2D eigenvalue weighted by molar-refractivity contribution is -0.142. The van der Waals surface area contributed by atoms with Crippen molar-refractivity contribution in [2.75, 3.05) is 99.5 Å². The SMILES string of the molecule is COc1ncc(N2CCOc3ccc(O[C@H]4CCN(C(=O)C5CCS(=O)(=O)CC5)C4)c(F)c32)cc1C.COc1ncc(N2CCOc3ccc(O[C@H]4CCNC4)c(F)c32)cc1C.O=C(O)C1CCS(=O)(=O)CC1. The zero-order valence-electron chi connectivity index (χ0n) is 41.3. The van der Waals surface area contributed by atoms with E-state index < -0.39 is 43.2 Å². The predicted molar refractivity (Wildman–Crippen MR) is 267 cm³/mol. The number of aliphatic carboxylic acids is 1. The molecule has 2 atom stereocenters. The number of fused-ring (bicyclic) bond motifs is 2. The number of ether oxygens (including phenoxy) is 6. The molecule has 0 radical (unpaired) electrons. The zero-order valence-corrected chi connectivity index (χ0v) is 42.9. The van der Waals surface area contributed by atoms with Crippen molar-refractivity contribution < 1.29 is 68.7 Å². The smallest absolute Gasteiger partial charge is 0.306 e.